The van der Waals surface area contributed by atoms with E-state index in [2.05, 4.69) is 144 Å². The highest BCUT2D eigenvalue weighted by Crippen LogP contribution is 2.45. The van der Waals surface area contributed by atoms with Crippen LogP contribution in [0.25, 0.3) is 95.7 Å². The van der Waals surface area contributed by atoms with E-state index >= 15 is 0 Å². The molecule has 0 saturated carbocycles. The van der Waals surface area contributed by atoms with E-state index < -0.39 is 0 Å². The third-order valence-corrected chi connectivity index (χ3v) is 9.63. The highest BCUT2D eigenvalue weighted by Gasteiger charge is 2.25. The monoisotopic (exact) mass is 651 g/mol. The molecule has 238 valence electrons. The molecule has 9 aromatic rings. The zero-order valence-corrected chi connectivity index (χ0v) is 27.5. The van der Waals surface area contributed by atoms with Gasteiger partial charge in [0.05, 0.1) is 16.7 Å². The summed E-state index contributed by atoms with van der Waals surface area (Å²) in [7, 11) is 0. The number of imidazole rings is 1. The average Bonchev–Trinajstić information content (AvgIpc) is 3.56. The van der Waals surface area contributed by atoms with Gasteiger partial charge in [-0.25, -0.2) is 19.9 Å². The topological polar surface area (TPSA) is 56.5 Å². The Bertz CT molecular complexity index is 2730. The fourth-order valence-electron chi connectivity index (χ4n) is 7.21. The van der Waals surface area contributed by atoms with Gasteiger partial charge in [-0.3, -0.25) is 4.57 Å². The van der Waals surface area contributed by atoms with E-state index in [1.54, 1.807) is 0 Å². The number of fused-ring (bicyclic) bond motifs is 5. The Morgan fingerprint density at radius 1 is 0.314 bits per heavy atom. The van der Waals surface area contributed by atoms with Crippen LogP contribution in [0, 0.1) is 0 Å². The molecule has 7 aromatic carbocycles. The molecule has 10 rings (SSSR count). The lowest BCUT2D eigenvalue weighted by Crippen LogP contribution is -2.01. The molecule has 0 radical (unpaired) electrons. The van der Waals surface area contributed by atoms with Crippen LogP contribution in [-0.4, -0.2) is 24.5 Å². The number of hydrogen-bond acceptors (Lipinski definition) is 4. The van der Waals surface area contributed by atoms with Crippen LogP contribution in [0.4, 0.5) is 0 Å². The molecule has 0 unspecified atom stereocenters. The molecular weight excluding hydrogens is 623 g/mol. The normalized spacial score (nSPS) is 11.5. The molecule has 0 spiro atoms. The zero-order chi connectivity index (χ0) is 33.7. The number of aromatic nitrogens is 5. The van der Waals surface area contributed by atoms with Gasteiger partial charge in [0.2, 0.25) is 0 Å². The second kappa shape index (κ2) is 11.9. The van der Waals surface area contributed by atoms with E-state index in [9.17, 15) is 0 Å². The van der Waals surface area contributed by atoms with E-state index in [0.29, 0.717) is 17.5 Å². The molecule has 0 bridgehead atoms. The van der Waals surface area contributed by atoms with Crippen LogP contribution >= 0.6 is 0 Å². The summed E-state index contributed by atoms with van der Waals surface area (Å²) in [5.41, 5.74) is 14.0. The Hall–Kier alpha value is -6.98. The number of nitrogens with zero attached hydrogens (tertiary/aromatic N) is 5. The smallest absolute Gasteiger partial charge is 0.164 e. The summed E-state index contributed by atoms with van der Waals surface area (Å²) in [6.45, 7) is 0. The summed E-state index contributed by atoms with van der Waals surface area (Å²) in [5, 5.41) is 0. The summed E-state index contributed by atoms with van der Waals surface area (Å²) < 4.78 is 2.32. The molecule has 51 heavy (non-hydrogen) atoms. The fourth-order valence-corrected chi connectivity index (χ4v) is 7.21. The first-order chi connectivity index (χ1) is 25.3. The van der Waals surface area contributed by atoms with Crippen molar-refractivity contribution in [3.05, 3.63) is 176 Å². The molecule has 3 heterocycles. The Balaban J connectivity index is 1.11. The van der Waals surface area contributed by atoms with Crippen LogP contribution in [0.2, 0.25) is 0 Å². The minimum absolute atomic E-state index is 0.616. The van der Waals surface area contributed by atoms with Crippen molar-refractivity contribution in [2.24, 2.45) is 0 Å². The molecule has 0 aliphatic carbocycles. The van der Waals surface area contributed by atoms with Gasteiger partial charge < -0.3 is 0 Å². The second-order valence-electron chi connectivity index (χ2n) is 12.7. The predicted octanol–water partition coefficient (Wildman–Crippen LogP) is 11.2. The minimum atomic E-state index is 0.616. The molecule has 0 amide bonds. The van der Waals surface area contributed by atoms with Gasteiger partial charge in [0, 0.05) is 33.4 Å². The first-order valence-corrected chi connectivity index (χ1v) is 17.1. The van der Waals surface area contributed by atoms with Crippen molar-refractivity contribution in [2.45, 2.75) is 0 Å². The molecule has 1 aliphatic heterocycles. The average molecular weight is 652 g/mol. The quantitative estimate of drug-likeness (QED) is 0.186. The van der Waals surface area contributed by atoms with Crippen LogP contribution < -0.4 is 0 Å². The summed E-state index contributed by atoms with van der Waals surface area (Å²) in [5.74, 6) is 2.77. The van der Waals surface area contributed by atoms with Crippen molar-refractivity contribution < 1.29 is 0 Å². The van der Waals surface area contributed by atoms with Gasteiger partial charge in [0.25, 0.3) is 0 Å². The van der Waals surface area contributed by atoms with Gasteiger partial charge in [-0.15, -0.1) is 0 Å². The van der Waals surface area contributed by atoms with Crippen molar-refractivity contribution in [3.8, 4) is 84.6 Å². The van der Waals surface area contributed by atoms with Gasteiger partial charge in [0.1, 0.15) is 5.82 Å². The number of rotatable bonds is 5. The zero-order valence-electron chi connectivity index (χ0n) is 27.5. The van der Waals surface area contributed by atoms with E-state index in [-0.39, 0.29) is 0 Å². The maximum atomic E-state index is 5.23. The Labute approximate surface area is 295 Å². The van der Waals surface area contributed by atoms with Gasteiger partial charge >= 0.3 is 0 Å². The summed E-state index contributed by atoms with van der Waals surface area (Å²) in [4.78, 5) is 20.2. The van der Waals surface area contributed by atoms with Crippen LogP contribution in [0.15, 0.2) is 176 Å². The third kappa shape index (κ3) is 4.94. The molecule has 0 atom stereocenters. The molecular formula is C46H29N5. The van der Waals surface area contributed by atoms with E-state index in [4.69, 9.17) is 19.9 Å². The minimum Gasteiger partial charge on any atom is -0.291 e. The first-order valence-electron chi connectivity index (χ1n) is 17.1. The van der Waals surface area contributed by atoms with E-state index in [0.717, 1.165) is 55.9 Å². The Kier molecular flexibility index (Phi) is 6.74. The van der Waals surface area contributed by atoms with Gasteiger partial charge in [-0.2, -0.15) is 0 Å². The maximum absolute atomic E-state index is 5.23. The van der Waals surface area contributed by atoms with Crippen LogP contribution in [-0.2, 0) is 0 Å². The van der Waals surface area contributed by atoms with Gasteiger partial charge in [-0.05, 0) is 40.5 Å². The second-order valence-corrected chi connectivity index (χ2v) is 12.7. The molecule has 5 heteroatoms. The highest BCUT2D eigenvalue weighted by atomic mass is 15.1. The molecule has 0 N–H and O–H groups in total. The molecule has 2 aromatic heterocycles. The lowest BCUT2D eigenvalue weighted by atomic mass is 9.94. The standard InChI is InChI=1S/C46H29N5/c1-3-13-30(14-4-1)34-17-11-18-35(29-34)45-49-43(31-15-5-2-6-16-31)48-44(50-45)32-25-27-33(28-26-32)46-47-40-23-12-22-39-37-20-8-7-19-36(37)38-21-9-10-24-41(38)51(46)42(39)40/h1-29H. The van der Waals surface area contributed by atoms with Crippen molar-refractivity contribution >= 4 is 11.0 Å². The summed E-state index contributed by atoms with van der Waals surface area (Å²) >= 11 is 0. The number of hydrogen-bond donors (Lipinski definition) is 0. The molecule has 0 fully saturated rings. The van der Waals surface area contributed by atoms with Crippen molar-refractivity contribution in [1.82, 2.24) is 24.5 Å². The van der Waals surface area contributed by atoms with Crippen LogP contribution in [0.5, 0.6) is 0 Å². The highest BCUT2D eigenvalue weighted by molar-refractivity contribution is 6.03. The van der Waals surface area contributed by atoms with Crippen molar-refractivity contribution in [2.75, 3.05) is 0 Å². The molecule has 1 aliphatic rings. The Morgan fingerprint density at radius 3 is 1.53 bits per heavy atom. The van der Waals surface area contributed by atoms with E-state index in [1.165, 1.54) is 22.3 Å². The lowest BCUT2D eigenvalue weighted by Gasteiger charge is -2.13. The SMILES string of the molecule is c1ccc(-c2cccc(-c3nc(-c4ccccc4)nc(-c4ccc(-c5nc6cccc7c6n5-c5ccccc5-c5ccccc5-7)cc4)n3)c2)cc1. The van der Waals surface area contributed by atoms with Crippen molar-refractivity contribution in [1.29, 1.82) is 0 Å². The fraction of sp³-hybridized carbons (Fsp3) is 0. The van der Waals surface area contributed by atoms with Crippen LogP contribution in [0.1, 0.15) is 0 Å². The largest absolute Gasteiger partial charge is 0.291 e. The number of para-hydroxylation sites is 2. The van der Waals surface area contributed by atoms with Crippen LogP contribution in [0.3, 0.4) is 0 Å². The number of benzene rings is 7. The lowest BCUT2D eigenvalue weighted by molar-refractivity contribution is 1.07. The first kappa shape index (κ1) is 29.0. The molecule has 5 nitrogen and oxygen atoms in total. The third-order valence-electron chi connectivity index (χ3n) is 9.63. The summed E-state index contributed by atoms with van der Waals surface area (Å²) in [6, 6.07) is 61.0. The summed E-state index contributed by atoms with van der Waals surface area (Å²) in [6.07, 6.45) is 0. The van der Waals surface area contributed by atoms with E-state index in [1.807, 2.05) is 36.4 Å². The van der Waals surface area contributed by atoms with Gasteiger partial charge in [0.15, 0.2) is 17.5 Å². The van der Waals surface area contributed by atoms with Crippen molar-refractivity contribution in [3.63, 3.8) is 0 Å². The maximum Gasteiger partial charge on any atom is 0.164 e. The predicted molar refractivity (Wildman–Crippen MR) is 206 cm³/mol. The Morgan fingerprint density at radius 2 is 0.804 bits per heavy atom. The van der Waals surface area contributed by atoms with Gasteiger partial charge in [-0.1, -0.05) is 158 Å². The molecule has 0 saturated heterocycles.